The summed E-state index contributed by atoms with van der Waals surface area (Å²) in [6.07, 6.45) is 0. The minimum Gasteiger partial charge on any atom is -0.486 e. The first-order chi connectivity index (χ1) is 10.2. The average Bonchev–Trinajstić information content (AvgIpc) is 2.47. The van der Waals surface area contributed by atoms with Crippen molar-refractivity contribution in [3.63, 3.8) is 0 Å². The summed E-state index contributed by atoms with van der Waals surface area (Å²) in [4.78, 5) is 0. The van der Waals surface area contributed by atoms with Crippen LogP contribution in [0.2, 0.25) is 0 Å². The highest BCUT2D eigenvalue weighted by Gasteiger charge is 2.18. The Bertz CT molecular complexity index is 640. The molecule has 1 N–H and O–H groups in total. The Morgan fingerprint density at radius 2 is 1.57 bits per heavy atom. The minimum absolute atomic E-state index is 0.328. The van der Waals surface area contributed by atoms with E-state index >= 15 is 0 Å². The molecular formula is C16H15F2NO2. The average molecular weight is 291 g/mol. The van der Waals surface area contributed by atoms with E-state index in [4.69, 9.17) is 9.47 Å². The zero-order valence-electron chi connectivity index (χ0n) is 11.5. The molecule has 2 aromatic carbocycles. The summed E-state index contributed by atoms with van der Waals surface area (Å²) in [5.74, 6) is 0.145. The topological polar surface area (TPSA) is 30.5 Å². The first-order valence-corrected chi connectivity index (χ1v) is 6.70. The van der Waals surface area contributed by atoms with Gasteiger partial charge in [-0.05, 0) is 42.4 Å². The van der Waals surface area contributed by atoms with Gasteiger partial charge in [-0.3, -0.25) is 0 Å². The lowest BCUT2D eigenvalue weighted by molar-refractivity contribution is 0.171. The van der Waals surface area contributed by atoms with Gasteiger partial charge in [0.25, 0.3) is 0 Å². The summed E-state index contributed by atoms with van der Waals surface area (Å²) in [5.41, 5.74) is 1.37. The van der Waals surface area contributed by atoms with Crippen LogP contribution in [-0.4, -0.2) is 20.3 Å². The van der Waals surface area contributed by atoms with E-state index in [1.54, 1.807) is 7.05 Å². The summed E-state index contributed by atoms with van der Waals surface area (Å²) < 4.78 is 37.8. The van der Waals surface area contributed by atoms with E-state index in [0.717, 1.165) is 11.6 Å². The maximum atomic E-state index is 13.4. The number of ether oxygens (including phenoxy) is 2. The summed E-state index contributed by atoms with van der Waals surface area (Å²) in [5, 5.41) is 3.07. The summed E-state index contributed by atoms with van der Waals surface area (Å²) in [6.45, 7) is 1.02. The van der Waals surface area contributed by atoms with Gasteiger partial charge >= 0.3 is 0 Å². The molecule has 0 aliphatic carbocycles. The molecule has 21 heavy (non-hydrogen) atoms. The molecule has 0 radical (unpaired) electrons. The van der Waals surface area contributed by atoms with E-state index in [2.05, 4.69) is 5.32 Å². The molecule has 0 saturated carbocycles. The first kappa shape index (κ1) is 13.8. The molecule has 0 fully saturated rings. The third-order valence-corrected chi connectivity index (χ3v) is 3.41. The standard InChI is InChI=1S/C16H15F2NO2/c1-19-16(11-6-12(17)9-13(18)7-11)10-2-3-14-15(8-10)21-5-4-20-14/h2-3,6-9,16,19H,4-5H2,1H3. The monoisotopic (exact) mass is 291 g/mol. The van der Waals surface area contributed by atoms with Crippen molar-refractivity contribution in [2.45, 2.75) is 6.04 Å². The number of rotatable bonds is 3. The number of hydrogen-bond acceptors (Lipinski definition) is 3. The van der Waals surface area contributed by atoms with Crippen LogP contribution in [0.5, 0.6) is 11.5 Å². The van der Waals surface area contributed by atoms with Gasteiger partial charge < -0.3 is 14.8 Å². The number of halogens is 2. The molecule has 3 nitrogen and oxygen atoms in total. The molecule has 0 amide bonds. The zero-order chi connectivity index (χ0) is 14.8. The fourth-order valence-corrected chi connectivity index (χ4v) is 2.51. The predicted molar refractivity (Wildman–Crippen MR) is 74.7 cm³/mol. The lowest BCUT2D eigenvalue weighted by Gasteiger charge is -2.22. The minimum atomic E-state index is -0.595. The number of nitrogens with one attached hydrogen (secondary N) is 1. The Labute approximate surface area is 121 Å². The summed E-state index contributed by atoms with van der Waals surface area (Å²) >= 11 is 0. The van der Waals surface area contributed by atoms with Gasteiger partial charge in [-0.1, -0.05) is 6.07 Å². The highest BCUT2D eigenvalue weighted by Crippen LogP contribution is 2.34. The second-order valence-corrected chi connectivity index (χ2v) is 4.83. The quantitative estimate of drug-likeness (QED) is 0.943. The SMILES string of the molecule is CNC(c1cc(F)cc(F)c1)c1ccc2c(c1)OCCO2. The van der Waals surface area contributed by atoms with Crippen LogP contribution >= 0.6 is 0 Å². The molecule has 3 rings (SSSR count). The smallest absolute Gasteiger partial charge is 0.161 e. The van der Waals surface area contributed by atoms with Gasteiger partial charge in [-0.25, -0.2) is 8.78 Å². The van der Waals surface area contributed by atoms with Gasteiger partial charge in [0.1, 0.15) is 24.8 Å². The van der Waals surface area contributed by atoms with Gasteiger partial charge in [0.15, 0.2) is 11.5 Å². The normalized spacial score (nSPS) is 14.8. The molecule has 110 valence electrons. The molecule has 1 aliphatic rings. The second kappa shape index (κ2) is 5.69. The maximum Gasteiger partial charge on any atom is 0.161 e. The Morgan fingerprint density at radius 3 is 2.24 bits per heavy atom. The Hall–Kier alpha value is -2.14. The van der Waals surface area contributed by atoms with E-state index in [9.17, 15) is 8.78 Å². The van der Waals surface area contributed by atoms with Crippen molar-refractivity contribution in [1.82, 2.24) is 5.32 Å². The zero-order valence-corrected chi connectivity index (χ0v) is 11.5. The van der Waals surface area contributed by atoms with E-state index < -0.39 is 11.6 Å². The van der Waals surface area contributed by atoms with Crippen LogP contribution in [0, 0.1) is 11.6 Å². The highest BCUT2D eigenvalue weighted by molar-refractivity contribution is 5.46. The van der Waals surface area contributed by atoms with Crippen LogP contribution in [-0.2, 0) is 0 Å². The summed E-state index contributed by atoms with van der Waals surface area (Å²) in [6, 6.07) is 8.67. The molecule has 5 heteroatoms. The molecule has 1 aliphatic heterocycles. The van der Waals surface area contributed by atoms with Gasteiger partial charge in [0.05, 0.1) is 6.04 Å². The van der Waals surface area contributed by atoms with Crippen LogP contribution in [0.3, 0.4) is 0 Å². The molecular weight excluding hydrogens is 276 g/mol. The van der Waals surface area contributed by atoms with Gasteiger partial charge in [-0.2, -0.15) is 0 Å². The molecule has 2 aromatic rings. The van der Waals surface area contributed by atoms with Crippen LogP contribution in [0.25, 0.3) is 0 Å². The molecule has 0 saturated heterocycles. The Morgan fingerprint density at radius 1 is 0.905 bits per heavy atom. The molecule has 0 spiro atoms. The van der Waals surface area contributed by atoms with Crippen molar-refractivity contribution in [2.75, 3.05) is 20.3 Å². The third-order valence-electron chi connectivity index (χ3n) is 3.41. The molecule has 1 atom stereocenters. The number of hydrogen-bond donors (Lipinski definition) is 1. The molecule has 1 heterocycles. The van der Waals surface area contributed by atoms with Gasteiger partial charge in [0.2, 0.25) is 0 Å². The van der Waals surface area contributed by atoms with E-state index in [0.29, 0.717) is 30.3 Å². The van der Waals surface area contributed by atoms with Crippen molar-refractivity contribution in [2.24, 2.45) is 0 Å². The predicted octanol–water partition coefficient (Wildman–Crippen LogP) is 3.04. The van der Waals surface area contributed by atoms with Gasteiger partial charge in [-0.15, -0.1) is 0 Å². The van der Waals surface area contributed by atoms with Crippen LogP contribution in [0.1, 0.15) is 17.2 Å². The fourth-order valence-electron chi connectivity index (χ4n) is 2.51. The van der Waals surface area contributed by atoms with Crippen LogP contribution in [0.4, 0.5) is 8.78 Å². The number of fused-ring (bicyclic) bond motifs is 1. The Balaban J connectivity index is 1.99. The van der Waals surface area contributed by atoms with Crippen molar-refractivity contribution < 1.29 is 18.3 Å². The van der Waals surface area contributed by atoms with Crippen LogP contribution in [0.15, 0.2) is 36.4 Å². The lowest BCUT2D eigenvalue weighted by atomic mass is 9.98. The van der Waals surface area contributed by atoms with E-state index in [-0.39, 0.29) is 6.04 Å². The van der Waals surface area contributed by atoms with Crippen molar-refractivity contribution in [3.8, 4) is 11.5 Å². The second-order valence-electron chi connectivity index (χ2n) is 4.83. The first-order valence-electron chi connectivity index (χ1n) is 6.70. The van der Waals surface area contributed by atoms with Crippen LogP contribution < -0.4 is 14.8 Å². The third kappa shape index (κ3) is 2.83. The molecule has 0 aromatic heterocycles. The van der Waals surface area contributed by atoms with E-state index in [1.165, 1.54) is 12.1 Å². The van der Waals surface area contributed by atoms with Gasteiger partial charge in [0, 0.05) is 6.07 Å². The molecule has 0 bridgehead atoms. The van der Waals surface area contributed by atoms with E-state index in [1.807, 2.05) is 18.2 Å². The van der Waals surface area contributed by atoms with Crippen molar-refractivity contribution >= 4 is 0 Å². The summed E-state index contributed by atoms with van der Waals surface area (Å²) in [7, 11) is 1.74. The Kier molecular flexibility index (Phi) is 3.75. The highest BCUT2D eigenvalue weighted by atomic mass is 19.1. The van der Waals surface area contributed by atoms with Crippen molar-refractivity contribution in [3.05, 3.63) is 59.2 Å². The largest absolute Gasteiger partial charge is 0.486 e. The maximum absolute atomic E-state index is 13.4. The van der Waals surface area contributed by atoms with Crippen molar-refractivity contribution in [1.29, 1.82) is 0 Å². The fraction of sp³-hybridized carbons (Fsp3) is 0.250. The lowest BCUT2D eigenvalue weighted by Crippen LogP contribution is -2.20. The number of benzene rings is 2. The molecule has 1 unspecified atom stereocenters.